The minimum Gasteiger partial charge on any atom is -0.444 e. The number of nitrogens with zero attached hydrogens (tertiary/aromatic N) is 1. The number of hydrogen-bond acceptors (Lipinski definition) is 4. The molecule has 0 aromatic heterocycles. The van der Waals surface area contributed by atoms with Crippen LogP contribution in [-0.4, -0.2) is 52.6 Å². The van der Waals surface area contributed by atoms with Crippen LogP contribution in [0.25, 0.3) is 0 Å². The second-order valence-corrected chi connectivity index (χ2v) is 9.55. The molecule has 0 bridgehead atoms. The van der Waals surface area contributed by atoms with Crippen molar-refractivity contribution < 1.29 is 19.7 Å². The molecule has 1 saturated heterocycles. The van der Waals surface area contributed by atoms with Crippen LogP contribution >= 0.6 is 0 Å². The van der Waals surface area contributed by atoms with Gasteiger partial charge in [0, 0.05) is 23.9 Å². The quantitative estimate of drug-likeness (QED) is 0.794. The largest absolute Gasteiger partial charge is 0.444 e. The van der Waals surface area contributed by atoms with Crippen molar-refractivity contribution in [3.8, 4) is 0 Å². The number of rotatable bonds is 6. The monoisotopic (exact) mass is 377 g/mol. The average molecular weight is 378 g/mol. The Balaban J connectivity index is 2.19. The molecule has 2 rings (SSSR count). The Hall–Kier alpha value is -1.59. The van der Waals surface area contributed by atoms with E-state index in [2.05, 4.69) is 12.1 Å². The SMILES string of the molecule is CC(C)(C)OC(=O)N1CCC(CCc2ccccc2)(C(O)C(C)(C)CO)C1. The van der Waals surface area contributed by atoms with E-state index in [1.807, 2.05) is 52.8 Å². The Kier molecular flexibility index (Phi) is 6.59. The summed E-state index contributed by atoms with van der Waals surface area (Å²) in [6.07, 6.45) is 1.22. The van der Waals surface area contributed by atoms with E-state index < -0.39 is 22.5 Å². The predicted octanol–water partition coefficient (Wildman–Crippen LogP) is 3.63. The van der Waals surface area contributed by atoms with E-state index in [-0.39, 0.29) is 12.7 Å². The number of aliphatic hydroxyl groups excluding tert-OH is 2. The molecule has 1 aliphatic heterocycles. The number of carbonyl (C=O) groups excluding carboxylic acids is 1. The molecule has 1 heterocycles. The number of carbonyl (C=O) groups is 1. The van der Waals surface area contributed by atoms with Crippen LogP contribution < -0.4 is 0 Å². The number of ether oxygens (including phenoxy) is 1. The zero-order chi connectivity index (χ0) is 20.3. The van der Waals surface area contributed by atoms with E-state index in [1.54, 1.807) is 4.90 Å². The second-order valence-electron chi connectivity index (χ2n) is 9.55. The van der Waals surface area contributed by atoms with Crippen LogP contribution in [0.5, 0.6) is 0 Å². The lowest BCUT2D eigenvalue weighted by Gasteiger charge is -2.42. The molecule has 1 amide bonds. The molecule has 1 aromatic carbocycles. The van der Waals surface area contributed by atoms with Crippen LogP contribution in [0, 0.1) is 10.8 Å². The van der Waals surface area contributed by atoms with Gasteiger partial charge in [0.15, 0.2) is 0 Å². The van der Waals surface area contributed by atoms with Crippen molar-refractivity contribution in [2.24, 2.45) is 10.8 Å². The highest BCUT2D eigenvalue weighted by molar-refractivity contribution is 5.68. The van der Waals surface area contributed by atoms with Gasteiger partial charge in [0.2, 0.25) is 0 Å². The molecule has 0 saturated carbocycles. The first-order valence-electron chi connectivity index (χ1n) is 9.80. The maximum Gasteiger partial charge on any atom is 0.410 e. The van der Waals surface area contributed by atoms with E-state index in [9.17, 15) is 15.0 Å². The van der Waals surface area contributed by atoms with Gasteiger partial charge >= 0.3 is 6.09 Å². The summed E-state index contributed by atoms with van der Waals surface area (Å²) in [5, 5.41) is 21.0. The smallest absolute Gasteiger partial charge is 0.410 e. The van der Waals surface area contributed by atoms with E-state index in [1.165, 1.54) is 5.56 Å². The lowest BCUT2D eigenvalue weighted by atomic mass is 9.67. The zero-order valence-corrected chi connectivity index (χ0v) is 17.4. The minimum atomic E-state index is -0.717. The van der Waals surface area contributed by atoms with Crippen LogP contribution in [-0.2, 0) is 11.2 Å². The van der Waals surface area contributed by atoms with Gasteiger partial charge in [0.05, 0.1) is 12.7 Å². The molecular weight excluding hydrogens is 342 g/mol. The fraction of sp³-hybridized carbons (Fsp3) is 0.682. The highest BCUT2D eigenvalue weighted by atomic mass is 16.6. The molecule has 1 aromatic rings. The van der Waals surface area contributed by atoms with Crippen molar-refractivity contribution >= 4 is 6.09 Å². The first-order valence-corrected chi connectivity index (χ1v) is 9.80. The van der Waals surface area contributed by atoms with Crippen LogP contribution in [0.3, 0.4) is 0 Å². The molecule has 0 spiro atoms. The molecule has 5 heteroatoms. The number of benzene rings is 1. The standard InChI is InChI=1S/C22H35NO4/c1-20(2,3)27-19(26)23-14-13-22(15-23,18(25)21(4,5)16-24)12-11-17-9-7-6-8-10-17/h6-10,18,24-25H,11-16H2,1-5H3. The van der Waals surface area contributed by atoms with Gasteiger partial charge in [0.25, 0.3) is 0 Å². The van der Waals surface area contributed by atoms with Gasteiger partial charge in [-0.1, -0.05) is 44.2 Å². The Morgan fingerprint density at radius 3 is 2.41 bits per heavy atom. The summed E-state index contributed by atoms with van der Waals surface area (Å²) in [7, 11) is 0. The summed E-state index contributed by atoms with van der Waals surface area (Å²) >= 11 is 0. The maximum absolute atomic E-state index is 12.5. The van der Waals surface area contributed by atoms with Crippen molar-refractivity contribution in [3.63, 3.8) is 0 Å². The molecule has 27 heavy (non-hydrogen) atoms. The molecule has 2 N–H and O–H groups in total. The maximum atomic E-state index is 12.5. The molecule has 2 unspecified atom stereocenters. The van der Waals surface area contributed by atoms with Crippen molar-refractivity contribution in [1.29, 1.82) is 0 Å². The lowest BCUT2D eigenvalue weighted by Crippen LogP contribution is -2.49. The Labute approximate surface area is 163 Å². The zero-order valence-electron chi connectivity index (χ0n) is 17.4. The summed E-state index contributed by atoms with van der Waals surface area (Å²) in [6, 6.07) is 10.2. The van der Waals surface area contributed by atoms with Crippen LogP contribution in [0.1, 0.15) is 53.0 Å². The Bertz CT molecular complexity index is 623. The molecule has 2 atom stereocenters. The number of aryl methyl sites for hydroxylation is 1. The molecule has 152 valence electrons. The van der Waals surface area contributed by atoms with Crippen LogP contribution in [0.2, 0.25) is 0 Å². The van der Waals surface area contributed by atoms with Gasteiger partial charge in [-0.2, -0.15) is 0 Å². The minimum absolute atomic E-state index is 0.103. The third kappa shape index (κ3) is 5.45. The van der Waals surface area contributed by atoms with Gasteiger partial charge in [-0.05, 0) is 45.6 Å². The van der Waals surface area contributed by atoms with Crippen molar-refractivity contribution in [2.75, 3.05) is 19.7 Å². The molecule has 0 aliphatic carbocycles. The first kappa shape index (κ1) is 21.7. The number of likely N-dealkylation sites (tertiary alicyclic amines) is 1. The van der Waals surface area contributed by atoms with E-state index in [4.69, 9.17) is 4.74 Å². The lowest BCUT2D eigenvalue weighted by molar-refractivity contribution is -0.0783. The highest BCUT2D eigenvalue weighted by Crippen LogP contribution is 2.45. The summed E-state index contributed by atoms with van der Waals surface area (Å²) in [5.74, 6) is 0. The topological polar surface area (TPSA) is 70.0 Å². The number of hydrogen-bond donors (Lipinski definition) is 2. The fourth-order valence-corrected chi connectivity index (χ4v) is 3.90. The van der Waals surface area contributed by atoms with Crippen molar-refractivity contribution in [1.82, 2.24) is 4.90 Å². The Morgan fingerprint density at radius 2 is 1.85 bits per heavy atom. The first-order chi connectivity index (χ1) is 12.5. The van der Waals surface area contributed by atoms with E-state index >= 15 is 0 Å². The van der Waals surface area contributed by atoms with Gasteiger partial charge in [-0.15, -0.1) is 0 Å². The molecular formula is C22H35NO4. The number of aliphatic hydroxyl groups is 2. The Morgan fingerprint density at radius 1 is 1.22 bits per heavy atom. The molecule has 1 aliphatic rings. The predicted molar refractivity (Wildman–Crippen MR) is 106 cm³/mol. The van der Waals surface area contributed by atoms with E-state index in [0.717, 1.165) is 12.8 Å². The summed E-state index contributed by atoms with van der Waals surface area (Å²) in [4.78, 5) is 14.2. The summed E-state index contributed by atoms with van der Waals surface area (Å²) in [6.45, 7) is 10.2. The molecule has 0 radical (unpaired) electrons. The van der Waals surface area contributed by atoms with Crippen molar-refractivity contribution in [3.05, 3.63) is 35.9 Å². The summed E-state index contributed by atoms with van der Waals surface area (Å²) < 4.78 is 5.53. The van der Waals surface area contributed by atoms with Gasteiger partial charge in [0.1, 0.15) is 5.60 Å². The molecule has 1 fully saturated rings. The van der Waals surface area contributed by atoms with Gasteiger partial charge in [-0.3, -0.25) is 0 Å². The second kappa shape index (κ2) is 8.19. The normalized spacial score (nSPS) is 22.0. The van der Waals surface area contributed by atoms with Crippen LogP contribution in [0.4, 0.5) is 4.79 Å². The highest BCUT2D eigenvalue weighted by Gasteiger charge is 2.50. The van der Waals surface area contributed by atoms with Gasteiger partial charge < -0.3 is 19.8 Å². The van der Waals surface area contributed by atoms with E-state index in [0.29, 0.717) is 19.5 Å². The van der Waals surface area contributed by atoms with Crippen molar-refractivity contribution in [2.45, 2.75) is 65.6 Å². The average Bonchev–Trinajstić information content (AvgIpc) is 3.04. The van der Waals surface area contributed by atoms with Crippen LogP contribution in [0.15, 0.2) is 30.3 Å². The van der Waals surface area contributed by atoms with Gasteiger partial charge in [-0.25, -0.2) is 4.79 Å². The molecule has 5 nitrogen and oxygen atoms in total. The summed E-state index contributed by atoms with van der Waals surface area (Å²) in [5.41, 5.74) is -0.434. The third-order valence-corrected chi connectivity index (χ3v) is 5.52. The fourth-order valence-electron chi connectivity index (χ4n) is 3.90. The third-order valence-electron chi connectivity index (χ3n) is 5.52. The number of amides is 1.